The minimum absolute atomic E-state index is 0.382. The number of hydrogen-bond donors (Lipinski definition) is 0. The van der Waals surface area contributed by atoms with Crippen molar-refractivity contribution in [3.63, 3.8) is 0 Å². The van der Waals surface area contributed by atoms with Crippen molar-refractivity contribution in [1.29, 1.82) is 0 Å². The second-order valence-electron chi connectivity index (χ2n) is 5.05. The quantitative estimate of drug-likeness (QED) is 0.655. The summed E-state index contributed by atoms with van der Waals surface area (Å²) in [6, 6.07) is 7.94. The lowest BCUT2D eigenvalue weighted by atomic mass is 10.1. The molecule has 1 aromatic carbocycles. The number of aromatic nitrogens is 2. The summed E-state index contributed by atoms with van der Waals surface area (Å²) in [7, 11) is 0. The number of rotatable bonds is 6. The number of benzene rings is 1. The second kappa shape index (κ2) is 8.55. The SMILES string of the molecule is Clc1ccc(CSc2nnc(SC[C@@H]3CCCCO3)s2)cc1. The second-order valence-corrected chi connectivity index (χ2v) is 8.95. The molecule has 1 aromatic heterocycles. The Bertz CT molecular complexity index is 585. The van der Waals surface area contributed by atoms with Gasteiger partial charge >= 0.3 is 0 Å². The Balaban J connectivity index is 1.45. The molecule has 0 amide bonds. The highest BCUT2D eigenvalue weighted by Gasteiger charge is 2.15. The Hall–Kier alpha value is -0.270. The van der Waals surface area contributed by atoms with Gasteiger partial charge in [-0.05, 0) is 37.0 Å². The topological polar surface area (TPSA) is 35.0 Å². The van der Waals surface area contributed by atoms with Gasteiger partial charge in [-0.25, -0.2) is 0 Å². The van der Waals surface area contributed by atoms with Crippen LogP contribution in [0.3, 0.4) is 0 Å². The fraction of sp³-hybridized carbons (Fsp3) is 0.467. The molecule has 0 saturated carbocycles. The van der Waals surface area contributed by atoms with E-state index in [0.717, 1.165) is 31.8 Å². The summed E-state index contributed by atoms with van der Waals surface area (Å²) < 4.78 is 7.79. The van der Waals surface area contributed by atoms with Gasteiger partial charge in [0.15, 0.2) is 8.68 Å². The van der Waals surface area contributed by atoms with Crippen LogP contribution in [0.5, 0.6) is 0 Å². The highest BCUT2D eigenvalue weighted by molar-refractivity contribution is 8.02. The van der Waals surface area contributed by atoms with Gasteiger partial charge in [0.05, 0.1) is 6.10 Å². The van der Waals surface area contributed by atoms with Gasteiger partial charge < -0.3 is 4.74 Å². The number of thioether (sulfide) groups is 2. The molecule has 22 heavy (non-hydrogen) atoms. The molecule has 0 spiro atoms. The number of hydrogen-bond acceptors (Lipinski definition) is 6. The number of nitrogens with zero attached hydrogens (tertiary/aromatic N) is 2. The average Bonchev–Trinajstić information content (AvgIpc) is 3.01. The first-order valence-electron chi connectivity index (χ1n) is 7.25. The zero-order valence-electron chi connectivity index (χ0n) is 12.0. The van der Waals surface area contributed by atoms with Crippen LogP contribution in [0, 0.1) is 0 Å². The molecule has 0 unspecified atom stereocenters. The van der Waals surface area contributed by atoms with Crippen LogP contribution in [0.2, 0.25) is 5.02 Å². The van der Waals surface area contributed by atoms with Gasteiger partial charge in [-0.1, -0.05) is 58.6 Å². The van der Waals surface area contributed by atoms with Crippen molar-refractivity contribution < 1.29 is 4.74 Å². The highest BCUT2D eigenvalue weighted by atomic mass is 35.5. The molecule has 2 heterocycles. The standard InChI is InChI=1S/C15H17ClN2OS3/c16-12-6-4-11(5-7-12)9-20-14-17-18-15(22-14)21-10-13-3-1-2-8-19-13/h4-7,13H,1-3,8-10H2/t13-/m0/s1. The van der Waals surface area contributed by atoms with Gasteiger partial charge in [0.2, 0.25) is 0 Å². The lowest BCUT2D eigenvalue weighted by Gasteiger charge is -2.21. The normalized spacial score (nSPS) is 18.5. The van der Waals surface area contributed by atoms with E-state index in [0.29, 0.717) is 6.10 Å². The molecule has 3 nitrogen and oxygen atoms in total. The third kappa shape index (κ3) is 5.13. The van der Waals surface area contributed by atoms with Crippen molar-refractivity contribution >= 4 is 46.5 Å². The Morgan fingerprint density at radius 2 is 1.91 bits per heavy atom. The van der Waals surface area contributed by atoms with Gasteiger partial charge in [-0.15, -0.1) is 10.2 Å². The molecule has 118 valence electrons. The van der Waals surface area contributed by atoms with E-state index >= 15 is 0 Å². The molecule has 0 N–H and O–H groups in total. The van der Waals surface area contributed by atoms with Gasteiger partial charge in [0, 0.05) is 23.1 Å². The Labute approximate surface area is 148 Å². The molecule has 1 saturated heterocycles. The molecule has 1 aliphatic rings. The maximum atomic E-state index is 5.89. The van der Waals surface area contributed by atoms with Crippen LogP contribution in [0.25, 0.3) is 0 Å². The van der Waals surface area contributed by atoms with Crippen molar-refractivity contribution in [3.05, 3.63) is 34.9 Å². The Morgan fingerprint density at radius 1 is 1.14 bits per heavy atom. The van der Waals surface area contributed by atoms with Crippen molar-refractivity contribution in [2.24, 2.45) is 0 Å². The van der Waals surface area contributed by atoms with E-state index in [9.17, 15) is 0 Å². The summed E-state index contributed by atoms with van der Waals surface area (Å²) >= 11 is 11.0. The molecule has 2 aromatic rings. The van der Waals surface area contributed by atoms with Gasteiger partial charge in [-0.3, -0.25) is 0 Å². The van der Waals surface area contributed by atoms with Crippen molar-refractivity contribution in [2.75, 3.05) is 12.4 Å². The summed E-state index contributed by atoms with van der Waals surface area (Å²) in [6.45, 7) is 0.906. The Morgan fingerprint density at radius 3 is 2.64 bits per heavy atom. The third-order valence-corrected chi connectivity index (χ3v) is 6.98. The van der Waals surface area contributed by atoms with Crippen molar-refractivity contribution in [1.82, 2.24) is 10.2 Å². The molecular weight excluding hydrogens is 356 g/mol. The maximum Gasteiger partial charge on any atom is 0.175 e. The smallest absolute Gasteiger partial charge is 0.175 e. The number of ether oxygens (including phenoxy) is 1. The van der Waals surface area contributed by atoms with Crippen LogP contribution in [-0.2, 0) is 10.5 Å². The molecular formula is C15H17ClN2OS3. The van der Waals surface area contributed by atoms with Gasteiger partial charge in [0.1, 0.15) is 0 Å². The van der Waals surface area contributed by atoms with Crippen LogP contribution in [0.4, 0.5) is 0 Å². The minimum Gasteiger partial charge on any atom is -0.377 e. The molecule has 3 rings (SSSR count). The molecule has 0 aliphatic carbocycles. The first-order chi connectivity index (χ1) is 10.8. The lowest BCUT2D eigenvalue weighted by molar-refractivity contribution is 0.0315. The fourth-order valence-corrected chi connectivity index (χ4v) is 5.34. The molecule has 1 fully saturated rings. The predicted octanol–water partition coefficient (Wildman–Crippen LogP) is 5.15. The number of halogens is 1. The summed E-state index contributed by atoms with van der Waals surface area (Å²) in [5.74, 6) is 1.87. The first kappa shape index (κ1) is 16.6. The zero-order chi connectivity index (χ0) is 15.2. The van der Waals surface area contributed by atoms with E-state index in [-0.39, 0.29) is 0 Å². The summed E-state index contributed by atoms with van der Waals surface area (Å²) in [4.78, 5) is 0. The first-order valence-corrected chi connectivity index (χ1v) is 10.4. The zero-order valence-corrected chi connectivity index (χ0v) is 15.2. The largest absolute Gasteiger partial charge is 0.377 e. The maximum absolute atomic E-state index is 5.89. The fourth-order valence-electron chi connectivity index (χ4n) is 2.14. The van der Waals surface area contributed by atoms with Crippen LogP contribution in [0.15, 0.2) is 32.9 Å². The molecule has 1 atom stereocenters. The van der Waals surface area contributed by atoms with E-state index in [1.807, 2.05) is 24.3 Å². The van der Waals surface area contributed by atoms with Gasteiger partial charge in [-0.2, -0.15) is 0 Å². The van der Waals surface area contributed by atoms with Crippen molar-refractivity contribution in [2.45, 2.75) is 39.8 Å². The van der Waals surface area contributed by atoms with E-state index in [1.165, 1.54) is 24.8 Å². The predicted molar refractivity (Wildman–Crippen MR) is 95.2 cm³/mol. The highest BCUT2D eigenvalue weighted by Crippen LogP contribution is 2.32. The molecule has 1 aliphatic heterocycles. The summed E-state index contributed by atoms with van der Waals surface area (Å²) in [6.07, 6.45) is 4.03. The van der Waals surface area contributed by atoms with Crippen LogP contribution >= 0.6 is 46.5 Å². The minimum atomic E-state index is 0.382. The summed E-state index contributed by atoms with van der Waals surface area (Å²) in [5, 5.41) is 9.29. The van der Waals surface area contributed by atoms with Crippen LogP contribution < -0.4 is 0 Å². The lowest BCUT2D eigenvalue weighted by Crippen LogP contribution is -2.21. The summed E-state index contributed by atoms with van der Waals surface area (Å²) in [5.41, 5.74) is 1.24. The van der Waals surface area contributed by atoms with Crippen LogP contribution in [0.1, 0.15) is 24.8 Å². The van der Waals surface area contributed by atoms with Gasteiger partial charge in [0.25, 0.3) is 0 Å². The van der Waals surface area contributed by atoms with Crippen molar-refractivity contribution in [3.8, 4) is 0 Å². The molecule has 7 heteroatoms. The Kier molecular flexibility index (Phi) is 6.44. The monoisotopic (exact) mass is 372 g/mol. The molecule has 0 bridgehead atoms. The third-order valence-electron chi connectivity index (χ3n) is 3.33. The molecule has 0 radical (unpaired) electrons. The van der Waals surface area contributed by atoms with E-state index in [2.05, 4.69) is 10.2 Å². The van der Waals surface area contributed by atoms with E-state index < -0.39 is 0 Å². The average molecular weight is 373 g/mol. The van der Waals surface area contributed by atoms with E-state index in [4.69, 9.17) is 16.3 Å². The van der Waals surface area contributed by atoms with Crippen LogP contribution in [-0.4, -0.2) is 28.7 Å². The van der Waals surface area contributed by atoms with E-state index in [1.54, 1.807) is 34.9 Å².